The largest absolute Gasteiger partial charge is 0.466 e. The van der Waals surface area contributed by atoms with Gasteiger partial charge in [0.1, 0.15) is 0 Å². The van der Waals surface area contributed by atoms with Crippen LogP contribution in [0.5, 0.6) is 0 Å². The third kappa shape index (κ3) is 4.77. The summed E-state index contributed by atoms with van der Waals surface area (Å²) in [6, 6.07) is 7.04. The molecule has 0 saturated heterocycles. The molecule has 1 aromatic carbocycles. The zero-order valence-corrected chi connectivity index (χ0v) is 16.6. The Morgan fingerprint density at radius 3 is 2.64 bits per heavy atom. The molecule has 0 aliphatic heterocycles. The quantitative estimate of drug-likeness (QED) is 0.607. The number of esters is 1. The highest BCUT2D eigenvalue weighted by Crippen LogP contribution is 2.19. The summed E-state index contributed by atoms with van der Waals surface area (Å²) in [6.07, 6.45) is 0.0823. The molecule has 2 aromatic heterocycles. The molecule has 9 nitrogen and oxygen atoms in total. The van der Waals surface area contributed by atoms with Crippen LogP contribution >= 0.6 is 11.3 Å². The molecule has 3 rings (SSSR count). The Hall–Kier alpha value is -3.14. The van der Waals surface area contributed by atoms with E-state index in [4.69, 9.17) is 4.74 Å². The van der Waals surface area contributed by atoms with Crippen molar-refractivity contribution in [3.8, 4) is 11.4 Å². The zero-order valence-electron chi connectivity index (χ0n) is 15.7. The Balaban J connectivity index is 1.63. The summed E-state index contributed by atoms with van der Waals surface area (Å²) < 4.78 is 4.89. The van der Waals surface area contributed by atoms with E-state index >= 15 is 0 Å². The first-order valence-electron chi connectivity index (χ1n) is 8.77. The third-order valence-electron chi connectivity index (χ3n) is 3.70. The van der Waals surface area contributed by atoms with Crippen LogP contribution in [-0.2, 0) is 16.0 Å². The van der Waals surface area contributed by atoms with E-state index in [1.165, 1.54) is 16.1 Å². The molecule has 1 N–H and O–H groups in total. The van der Waals surface area contributed by atoms with Crippen molar-refractivity contribution in [2.24, 2.45) is 0 Å². The van der Waals surface area contributed by atoms with E-state index in [-0.39, 0.29) is 24.3 Å². The summed E-state index contributed by atoms with van der Waals surface area (Å²) in [7, 11) is 0. The predicted molar refractivity (Wildman–Crippen MR) is 104 cm³/mol. The molecule has 10 heteroatoms. The molecule has 28 heavy (non-hydrogen) atoms. The van der Waals surface area contributed by atoms with E-state index in [0.29, 0.717) is 28.8 Å². The molecule has 0 aliphatic rings. The Morgan fingerprint density at radius 1 is 1.25 bits per heavy atom. The topological polar surface area (TPSA) is 112 Å². The maximum absolute atomic E-state index is 12.4. The van der Waals surface area contributed by atoms with Crippen LogP contribution in [0.4, 0.5) is 5.13 Å². The summed E-state index contributed by atoms with van der Waals surface area (Å²) in [4.78, 5) is 29.7. The number of thiazole rings is 1. The lowest BCUT2D eigenvalue weighted by Gasteiger charge is -2.03. The van der Waals surface area contributed by atoms with Crippen LogP contribution in [0.25, 0.3) is 11.4 Å². The predicted octanol–water partition coefficient (Wildman–Crippen LogP) is 2.74. The molecule has 0 bridgehead atoms. The first-order chi connectivity index (χ1) is 13.5. The minimum atomic E-state index is -0.343. The lowest BCUT2D eigenvalue weighted by Crippen LogP contribution is -2.12. The van der Waals surface area contributed by atoms with Gasteiger partial charge in [0, 0.05) is 16.5 Å². The molecule has 0 unspecified atom stereocenters. The molecular formula is C18H20N6O3S. The maximum atomic E-state index is 12.4. The van der Waals surface area contributed by atoms with Gasteiger partial charge in [-0.2, -0.15) is 4.80 Å². The number of nitrogens with zero attached hydrogens (tertiary/aromatic N) is 5. The van der Waals surface area contributed by atoms with Crippen LogP contribution in [0, 0.1) is 0 Å². The molecule has 3 aromatic rings. The molecule has 2 heterocycles. The average Bonchev–Trinajstić information content (AvgIpc) is 3.32. The number of hydrogen-bond acceptors (Lipinski definition) is 8. The number of benzene rings is 1. The molecule has 146 valence electrons. The van der Waals surface area contributed by atoms with Crippen molar-refractivity contribution >= 4 is 28.3 Å². The van der Waals surface area contributed by atoms with Gasteiger partial charge >= 0.3 is 5.97 Å². The Morgan fingerprint density at radius 2 is 2.00 bits per heavy atom. The van der Waals surface area contributed by atoms with E-state index in [0.717, 1.165) is 5.56 Å². The van der Waals surface area contributed by atoms with Crippen LogP contribution in [-0.4, -0.2) is 43.7 Å². The number of rotatable bonds is 7. The third-order valence-corrected chi connectivity index (χ3v) is 4.50. The second kappa shape index (κ2) is 8.70. The lowest BCUT2D eigenvalue weighted by atomic mass is 10.1. The van der Waals surface area contributed by atoms with E-state index in [1.54, 1.807) is 36.6 Å². The fourth-order valence-corrected chi connectivity index (χ4v) is 3.01. The number of carbonyl (C=O) groups excluding carboxylic acids is 2. The van der Waals surface area contributed by atoms with Gasteiger partial charge in [0.15, 0.2) is 5.13 Å². The SMILES string of the molecule is CCOC(=O)Cc1csc(NC(=O)c2ccc(-c3nnn(C(C)C)n3)cc2)n1. The van der Waals surface area contributed by atoms with Crippen LogP contribution < -0.4 is 5.32 Å². The maximum Gasteiger partial charge on any atom is 0.311 e. The Bertz CT molecular complexity index is 964. The van der Waals surface area contributed by atoms with Crippen LogP contribution in [0.1, 0.15) is 42.9 Å². The lowest BCUT2D eigenvalue weighted by molar-refractivity contribution is -0.142. The number of anilines is 1. The molecule has 0 aliphatic carbocycles. The van der Waals surface area contributed by atoms with Gasteiger partial charge < -0.3 is 4.74 Å². The van der Waals surface area contributed by atoms with Crippen LogP contribution in [0.3, 0.4) is 0 Å². The van der Waals surface area contributed by atoms with Crippen molar-refractivity contribution in [1.29, 1.82) is 0 Å². The van der Waals surface area contributed by atoms with Gasteiger partial charge in [-0.05, 0) is 38.1 Å². The highest BCUT2D eigenvalue weighted by atomic mass is 32.1. The Labute approximate surface area is 165 Å². The summed E-state index contributed by atoms with van der Waals surface area (Å²) in [5.41, 5.74) is 1.81. The highest BCUT2D eigenvalue weighted by Gasteiger charge is 2.13. The number of aromatic nitrogens is 5. The summed E-state index contributed by atoms with van der Waals surface area (Å²) in [5.74, 6) is -0.129. The summed E-state index contributed by atoms with van der Waals surface area (Å²) in [6.45, 7) is 6.01. The van der Waals surface area contributed by atoms with Crippen LogP contribution in [0.15, 0.2) is 29.6 Å². The first kappa shape index (κ1) is 19.6. The van der Waals surface area contributed by atoms with Crippen LogP contribution in [0.2, 0.25) is 0 Å². The minimum Gasteiger partial charge on any atom is -0.466 e. The van der Waals surface area contributed by atoms with Gasteiger partial charge in [-0.3, -0.25) is 14.9 Å². The van der Waals surface area contributed by atoms with Crippen molar-refractivity contribution in [3.05, 3.63) is 40.9 Å². The van der Waals surface area contributed by atoms with E-state index in [1.807, 2.05) is 13.8 Å². The fourth-order valence-electron chi connectivity index (χ4n) is 2.30. The first-order valence-corrected chi connectivity index (χ1v) is 9.65. The second-order valence-electron chi connectivity index (χ2n) is 6.18. The van der Waals surface area contributed by atoms with E-state index in [9.17, 15) is 9.59 Å². The standard InChI is InChI=1S/C18H20N6O3S/c1-4-27-15(25)9-14-10-28-18(19-14)20-17(26)13-7-5-12(6-8-13)16-21-23-24(22-16)11(2)3/h5-8,10-11H,4,9H2,1-3H3,(H,19,20,26). The molecule has 0 spiro atoms. The smallest absolute Gasteiger partial charge is 0.311 e. The number of nitrogens with one attached hydrogen (secondary N) is 1. The van der Waals surface area contributed by atoms with Crippen molar-refractivity contribution < 1.29 is 14.3 Å². The average molecular weight is 400 g/mol. The van der Waals surface area contributed by atoms with Gasteiger partial charge in [0.05, 0.1) is 24.8 Å². The number of tetrazole rings is 1. The van der Waals surface area contributed by atoms with Crippen molar-refractivity contribution in [2.45, 2.75) is 33.2 Å². The van der Waals surface area contributed by atoms with Crippen molar-refractivity contribution in [3.63, 3.8) is 0 Å². The minimum absolute atomic E-state index is 0.0823. The molecule has 0 fully saturated rings. The van der Waals surface area contributed by atoms with E-state index in [2.05, 4.69) is 25.7 Å². The van der Waals surface area contributed by atoms with Gasteiger partial charge in [0.2, 0.25) is 5.82 Å². The highest BCUT2D eigenvalue weighted by molar-refractivity contribution is 7.14. The van der Waals surface area contributed by atoms with E-state index < -0.39 is 0 Å². The second-order valence-corrected chi connectivity index (χ2v) is 7.04. The van der Waals surface area contributed by atoms with Gasteiger partial charge in [0.25, 0.3) is 5.91 Å². The van der Waals surface area contributed by atoms with Crippen molar-refractivity contribution in [1.82, 2.24) is 25.2 Å². The number of amides is 1. The molecule has 0 atom stereocenters. The van der Waals surface area contributed by atoms with Gasteiger partial charge in [-0.25, -0.2) is 4.98 Å². The normalized spacial score (nSPS) is 10.9. The molecule has 1 amide bonds. The summed E-state index contributed by atoms with van der Waals surface area (Å²) in [5, 5.41) is 17.2. The number of hydrogen-bond donors (Lipinski definition) is 1. The summed E-state index contributed by atoms with van der Waals surface area (Å²) >= 11 is 1.26. The zero-order chi connectivity index (χ0) is 20.1. The number of carbonyl (C=O) groups is 2. The van der Waals surface area contributed by atoms with Gasteiger partial charge in [-0.15, -0.1) is 21.5 Å². The molecule has 0 saturated carbocycles. The Kier molecular flexibility index (Phi) is 6.09. The fraction of sp³-hybridized carbons (Fsp3) is 0.333. The number of ether oxygens (including phenoxy) is 1. The molecule has 0 radical (unpaired) electrons. The molecular weight excluding hydrogens is 380 g/mol. The van der Waals surface area contributed by atoms with Gasteiger partial charge in [-0.1, -0.05) is 12.1 Å². The monoisotopic (exact) mass is 400 g/mol. The van der Waals surface area contributed by atoms with Crippen molar-refractivity contribution in [2.75, 3.05) is 11.9 Å².